The topological polar surface area (TPSA) is 60.2 Å². The zero-order valence-electron chi connectivity index (χ0n) is 8.16. The van der Waals surface area contributed by atoms with Crippen LogP contribution in [0.4, 0.5) is 0 Å². The van der Waals surface area contributed by atoms with Gasteiger partial charge in [0.15, 0.2) is 0 Å². The van der Waals surface area contributed by atoms with Gasteiger partial charge in [0.25, 0.3) is 0 Å². The summed E-state index contributed by atoms with van der Waals surface area (Å²) >= 11 is 0. The molecule has 0 bridgehead atoms. The molecule has 0 aromatic heterocycles. The van der Waals surface area contributed by atoms with Gasteiger partial charge in [-0.3, -0.25) is 0 Å². The SMILES string of the molecule is CC=C(C=CCCS(N)(=O)=O)CC. The second-order valence-electron chi connectivity index (χ2n) is 2.78. The van der Waals surface area contributed by atoms with E-state index in [1.54, 1.807) is 0 Å². The molecule has 0 heterocycles. The number of hydrogen-bond acceptors (Lipinski definition) is 2. The quantitative estimate of drug-likeness (QED) is 0.689. The Kier molecular flexibility index (Phi) is 5.66. The average molecular weight is 203 g/mol. The fourth-order valence-electron chi connectivity index (χ4n) is 0.885. The molecule has 0 radical (unpaired) electrons. The Hall–Kier alpha value is -0.610. The highest BCUT2D eigenvalue weighted by atomic mass is 32.2. The molecule has 0 aromatic rings. The van der Waals surface area contributed by atoms with Gasteiger partial charge in [0.1, 0.15) is 0 Å². The lowest BCUT2D eigenvalue weighted by Crippen LogP contribution is -2.15. The Morgan fingerprint density at radius 3 is 2.46 bits per heavy atom. The second-order valence-corrected chi connectivity index (χ2v) is 4.51. The fourth-order valence-corrected chi connectivity index (χ4v) is 1.35. The first kappa shape index (κ1) is 12.4. The van der Waals surface area contributed by atoms with Crippen molar-refractivity contribution < 1.29 is 8.42 Å². The minimum Gasteiger partial charge on any atom is -0.229 e. The van der Waals surface area contributed by atoms with Crippen LogP contribution < -0.4 is 5.14 Å². The zero-order valence-corrected chi connectivity index (χ0v) is 8.97. The summed E-state index contributed by atoms with van der Waals surface area (Å²) < 4.78 is 21.1. The Morgan fingerprint density at radius 2 is 2.08 bits per heavy atom. The summed E-state index contributed by atoms with van der Waals surface area (Å²) in [5, 5.41) is 4.84. The van der Waals surface area contributed by atoms with Gasteiger partial charge < -0.3 is 0 Å². The van der Waals surface area contributed by atoms with E-state index < -0.39 is 10.0 Å². The van der Waals surface area contributed by atoms with Crippen molar-refractivity contribution in [3.05, 3.63) is 23.8 Å². The van der Waals surface area contributed by atoms with Crippen LogP contribution in [0, 0.1) is 0 Å². The highest BCUT2D eigenvalue weighted by molar-refractivity contribution is 7.89. The van der Waals surface area contributed by atoms with Gasteiger partial charge >= 0.3 is 0 Å². The molecule has 0 aromatic carbocycles. The summed E-state index contributed by atoms with van der Waals surface area (Å²) in [6.45, 7) is 4.02. The molecular formula is C9H17NO2S. The fraction of sp³-hybridized carbons (Fsp3) is 0.556. The van der Waals surface area contributed by atoms with E-state index in [1.807, 2.05) is 25.2 Å². The third-order valence-electron chi connectivity index (χ3n) is 1.68. The first-order valence-corrected chi connectivity index (χ1v) is 6.03. The molecule has 0 fully saturated rings. The summed E-state index contributed by atoms with van der Waals surface area (Å²) in [4.78, 5) is 0. The zero-order chi connectivity index (χ0) is 10.3. The Labute approximate surface area is 80.4 Å². The molecule has 0 saturated heterocycles. The van der Waals surface area contributed by atoms with Crippen molar-refractivity contribution in [2.45, 2.75) is 26.7 Å². The molecule has 0 aliphatic rings. The monoisotopic (exact) mass is 203 g/mol. The number of hydrogen-bond donors (Lipinski definition) is 1. The van der Waals surface area contributed by atoms with Crippen LogP contribution >= 0.6 is 0 Å². The lowest BCUT2D eigenvalue weighted by molar-refractivity contribution is 0.597. The van der Waals surface area contributed by atoms with Crippen LogP contribution in [0.1, 0.15) is 26.7 Å². The minimum atomic E-state index is -3.31. The van der Waals surface area contributed by atoms with Crippen molar-refractivity contribution >= 4 is 10.0 Å². The van der Waals surface area contributed by atoms with E-state index in [4.69, 9.17) is 5.14 Å². The second kappa shape index (κ2) is 5.94. The van der Waals surface area contributed by atoms with Crippen molar-refractivity contribution in [1.82, 2.24) is 0 Å². The van der Waals surface area contributed by atoms with Crippen molar-refractivity contribution in [2.75, 3.05) is 5.75 Å². The largest absolute Gasteiger partial charge is 0.229 e. The molecule has 4 heteroatoms. The molecule has 0 saturated carbocycles. The predicted molar refractivity (Wildman–Crippen MR) is 55.8 cm³/mol. The number of primary sulfonamides is 1. The molecule has 2 N–H and O–H groups in total. The van der Waals surface area contributed by atoms with Crippen LogP contribution in [0.25, 0.3) is 0 Å². The van der Waals surface area contributed by atoms with E-state index in [1.165, 1.54) is 5.57 Å². The molecule has 0 amide bonds. The van der Waals surface area contributed by atoms with E-state index in [-0.39, 0.29) is 5.75 Å². The van der Waals surface area contributed by atoms with Crippen molar-refractivity contribution in [2.24, 2.45) is 5.14 Å². The molecule has 0 spiro atoms. The van der Waals surface area contributed by atoms with Crippen molar-refractivity contribution in [1.29, 1.82) is 0 Å². The maximum Gasteiger partial charge on any atom is 0.209 e. The van der Waals surface area contributed by atoms with Gasteiger partial charge in [0.05, 0.1) is 5.75 Å². The number of sulfonamides is 1. The molecule has 0 aliphatic carbocycles. The van der Waals surface area contributed by atoms with Gasteiger partial charge in [-0.15, -0.1) is 0 Å². The van der Waals surface area contributed by atoms with Crippen LogP contribution in [-0.4, -0.2) is 14.2 Å². The summed E-state index contributed by atoms with van der Waals surface area (Å²) in [7, 11) is -3.31. The van der Waals surface area contributed by atoms with Crippen LogP contribution in [-0.2, 0) is 10.0 Å². The third-order valence-corrected chi connectivity index (χ3v) is 2.48. The molecule has 76 valence electrons. The van der Waals surface area contributed by atoms with E-state index >= 15 is 0 Å². The third kappa shape index (κ3) is 7.74. The summed E-state index contributed by atoms with van der Waals surface area (Å²) in [5.41, 5.74) is 1.20. The van der Waals surface area contributed by atoms with Gasteiger partial charge in [-0.2, -0.15) is 0 Å². The van der Waals surface area contributed by atoms with Gasteiger partial charge in [0, 0.05) is 0 Å². The Balaban J connectivity index is 3.90. The lowest BCUT2D eigenvalue weighted by Gasteiger charge is -1.95. The standard InChI is InChI=1S/C9H17NO2S/c1-3-9(4-2)7-5-6-8-13(10,11)12/h3,5,7H,4,6,8H2,1-2H3,(H2,10,11,12). The van der Waals surface area contributed by atoms with E-state index in [2.05, 4.69) is 6.92 Å². The van der Waals surface area contributed by atoms with Crippen LogP contribution in [0.15, 0.2) is 23.8 Å². The summed E-state index contributed by atoms with van der Waals surface area (Å²) in [5.74, 6) is 0.0181. The smallest absolute Gasteiger partial charge is 0.209 e. The maximum absolute atomic E-state index is 10.5. The van der Waals surface area contributed by atoms with Gasteiger partial charge in [0.2, 0.25) is 10.0 Å². The molecular weight excluding hydrogens is 186 g/mol. The molecule has 0 atom stereocenters. The van der Waals surface area contributed by atoms with Crippen LogP contribution in [0.2, 0.25) is 0 Å². The highest BCUT2D eigenvalue weighted by Gasteiger charge is 1.98. The minimum absolute atomic E-state index is 0.0181. The van der Waals surface area contributed by atoms with E-state index in [0.29, 0.717) is 6.42 Å². The van der Waals surface area contributed by atoms with Crippen molar-refractivity contribution in [3.8, 4) is 0 Å². The first-order valence-electron chi connectivity index (χ1n) is 4.31. The number of rotatable bonds is 5. The van der Waals surface area contributed by atoms with Crippen molar-refractivity contribution in [3.63, 3.8) is 0 Å². The van der Waals surface area contributed by atoms with Crippen LogP contribution in [0.3, 0.4) is 0 Å². The molecule has 13 heavy (non-hydrogen) atoms. The molecule has 0 unspecified atom stereocenters. The van der Waals surface area contributed by atoms with Crippen LogP contribution in [0.5, 0.6) is 0 Å². The van der Waals surface area contributed by atoms with Gasteiger partial charge in [-0.25, -0.2) is 13.6 Å². The average Bonchev–Trinajstić information content (AvgIpc) is 2.03. The molecule has 3 nitrogen and oxygen atoms in total. The summed E-state index contributed by atoms with van der Waals surface area (Å²) in [6, 6.07) is 0. The highest BCUT2D eigenvalue weighted by Crippen LogP contribution is 2.02. The Morgan fingerprint density at radius 1 is 1.46 bits per heavy atom. The predicted octanol–water partition coefficient (Wildman–Crippen LogP) is 1.58. The summed E-state index contributed by atoms with van der Waals surface area (Å²) in [6.07, 6.45) is 7.22. The number of nitrogens with two attached hydrogens (primary N) is 1. The van der Waals surface area contributed by atoms with Gasteiger partial charge in [-0.05, 0) is 19.8 Å². The first-order chi connectivity index (χ1) is 5.99. The van der Waals surface area contributed by atoms with E-state index in [9.17, 15) is 8.42 Å². The normalized spacial score (nSPS) is 13.9. The number of allylic oxidation sites excluding steroid dienone is 4. The Bertz CT molecular complexity index is 289. The van der Waals surface area contributed by atoms with E-state index in [0.717, 1.165) is 6.42 Å². The molecule has 0 rings (SSSR count). The van der Waals surface area contributed by atoms with Gasteiger partial charge in [-0.1, -0.05) is 30.7 Å². The maximum atomic E-state index is 10.5. The lowest BCUT2D eigenvalue weighted by atomic mass is 10.2. The molecule has 0 aliphatic heterocycles.